The Balaban J connectivity index is 0.00000225. The first-order chi connectivity index (χ1) is 7.15. The Kier molecular flexibility index (Phi) is 8.02. The molecular formula is C12H20BrClN2. The Morgan fingerprint density at radius 2 is 2.00 bits per heavy atom. The van der Waals surface area contributed by atoms with Crippen molar-refractivity contribution < 1.29 is 0 Å². The van der Waals surface area contributed by atoms with Crippen molar-refractivity contribution >= 4 is 28.3 Å². The summed E-state index contributed by atoms with van der Waals surface area (Å²) in [6.45, 7) is 2.86. The van der Waals surface area contributed by atoms with E-state index in [-0.39, 0.29) is 18.4 Å². The maximum absolute atomic E-state index is 6.14. The molecule has 92 valence electrons. The first-order valence-electron chi connectivity index (χ1n) is 5.37. The van der Waals surface area contributed by atoms with Crippen LogP contribution in [0.25, 0.3) is 0 Å². The summed E-state index contributed by atoms with van der Waals surface area (Å²) in [4.78, 5) is 0. The lowest BCUT2D eigenvalue weighted by molar-refractivity contribution is 0.588. The molecule has 0 fully saturated rings. The van der Waals surface area contributed by atoms with Crippen molar-refractivity contribution in [2.75, 3.05) is 6.54 Å². The normalized spacial score (nSPS) is 12.0. The highest BCUT2D eigenvalue weighted by Gasteiger charge is 2.08. The molecular weight excluding hydrogens is 288 g/mol. The number of aryl methyl sites for hydroxylation is 1. The van der Waals surface area contributed by atoms with Gasteiger partial charge in [0.25, 0.3) is 0 Å². The lowest BCUT2D eigenvalue weighted by Crippen LogP contribution is -2.12. The fourth-order valence-corrected chi connectivity index (χ4v) is 2.05. The molecule has 1 rings (SSSR count). The average molecular weight is 308 g/mol. The molecule has 16 heavy (non-hydrogen) atoms. The van der Waals surface area contributed by atoms with Crippen LogP contribution in [0.4, 0.5) is 0 Å². The maximum Gasteiger partial charge on any atom is 0.0297 e. The van der Waals surface area contributed by atoms with E-state index in [4.69, 9.17) is 11.5 Å². The maximum atomic E-state index is 6.14. The molecule has 0 heterocycles. The number of hydrogen-bond donors (Lipinski definition) is 2. The van der Waals surface area contributed by atoms with Crippen molar-refractivity contribution in [3.8, 4) is 0 Å². The van der Waals surface area contributed by atoms with Gasteiger partial charge in [0.1, 0.15) is 0 Å². The minimum absolute atomic E-state index is 0. The molecule has 4 N–H and O–H groups in total. The zero-order valence-corrected chi connectivity index (χ0v) is 12.0. The summed E-state index contributed by atoms with van der Waals surface area (Å²) in [6.07, 6.45) is 3.17. The molecule has 0 aliphatic rings. The van der Waals surface area contributed by atoms with Crippen molar-refractivity contribution in [1.82, 2.24) is 0 Å². The van der Waals surface area contributed by atoms with Crippen LogP contribution in [0.15, 0.2) is 22.7 Å². The number of benzene rings is 1. The van der Waals surface area contributed by atoms with E-state index >= 15 is 0 Å². The van der Waals surface area contributed by atoms with E-state index in [0.717, 1.165) is 30.3 Å². The summed E-state index contributed by atoms with van der Waals surface area (Å²) >= 11 is 3.47. The third-order valence-electron chi connectivity index (χ3n) is 2.61. The Bertz CT molecular complexity index is 318. The van der Waals surface area contributed by atoms with Gasteiger partial charge in [0.05, 0.1) is 0 Å². The summed E-state index contributed by atoms with van der Waals surface area (Å²) in [5.74, 6) is 0. The number of hydrogen-bond acceptors (Lipinski definition) is 2. The van der Waals surface area contributed by atoms with Crippen molar-refractivity contribution in [3.05, 3.63) is 33.8 Å². The van der Waals surface area contributed by atoms with Gasteiger partial charge in [0, 0.05) is 10.5 Å². The number of unbranched alkanes of at least 4 members (excludes halogenated alkanes) is 1. The van der Waals surface area contributed by atoms with E-state index in [2.05, 4.69) is 35.0 Å². The molecule has 1 aromatic carbocycles. The largest absolute Gasteiger partial charge is 0.330 e. The molecule has 0 bridgehead atoms. The predicted octanol–water partition coefficient (Wildman–Crippen LogP) is 3.31. The van der Waals surface area contributed by atoms with E-state index in [9.17, 15) is 0 Å². The van der Waals surface area contributed by atoms with Crippen LogP contribution < -0.4 is 11.5 Å². The minimum atomic E-state index is 0. The van der Waals surface area contributed by atoms with Crippen LogP contribution in [0.5, 0.6) is 0 Å². The molecule has 0 spiro atoms. The van der Waals surface area contributed by atoms with Crippen molar-refractivity contribution in [3.63, 3.8) is 0 Å². The molecule has 1 aromatic rings. The van der Waals surface area contributed by atoms with Gasteiger partial charge in [-0.25, -0.2) is 0 Å². The van der Waals surface area contributed by atoms with Gasteiger partial charge in [0.2, 0.25) is 0 Å². The van der Waals surface area contributed by atoms with E-state index in [1.807, 2.05) is 6.07 Å². The summed E-state index contributed by atoms with van der Waals surface area (Å²) < 4.78 is 1.09. The zero-order chi connectivity index (χ0) is 11.3. The summed E-state index contributed by atoms with van der Waals surface area (Å²) in [7, 11) is 0. The first-order valence-corrected chi connectivity index (χ1v) is 6.16. The lowest BCUT2D eigenvalue weighted by atomic mass is 9.98. The molecule has 0 saturated heterocycles. The molecule has 0 unspecified atom stereocenters. The van der Waals surface area contributed by atoms with Crippen LogP contribution in [0.2, 0.25) is 0 Å². The Labute approximate surface area is 112 Å². The van der Waals surface area contributed by atoms with Crippen molar-refractivity contribution in [2.24, 2.45) is 11.5 Å². The minimum Gasteiger partial charge on any atom is -0.330 e. The molecule has 0 saturated carbocycles. The van der Waals surface area contributed by atoms with Gasteiger partial charge < -0.3 is 11.5 Å². The quantitative estimate of drug-likeness (QED) is 0.820. The van der Waals surface area contributed by atoms with E-state index < -0.39 is 0 Å². The number of halogens is 2. The van der Waals surface area contributed by atoms with E-state index in [1.165, 1.54) is 11.1 Å². The van der Waals surface area contributed by atoms with Crippen LogP contribution in [0.1, 0.15) is 36.4 Å². The monoisotopic (exact) mass is 306 g/mol. The highest BCUT2D eigenvalue weighted by atomic mass is 79.9. The summed E-state index contributed by atoms with van der Waals surface area (Å²) in [6, 6.07) is 6.39. The van der Waals surface area contributed by atoms with Crippen LogP contribution in [0.3, 0.4) is 0 Å². The highest BCUT2D eigenvalue weighted by Crippen LogP contribution is 2.23. The molecule has 0 aromatic heterocycles. The Hall–Kier alpha value is -0.0900. The third-order valence-corrected chi connectivity index (χ3v) is 3.10. The zero-order valence-electron chi connectivity index (χ0n) is 9.58. The van der Waals surface area contributed by atoms with Gasteiger partial charge in [-0.3, -0.25) is 0 Å². The van der Waals surface area contributed by atoms with Gasteiger partial charge in [-0.1, -0.05) is 28.4 Å². The van der Waals surface area contributed by atoms with E-state index in [0.29, 0.717) is 0 Å². The van der Waals surface area contributed by atoms with Gasteiger partial charge in [-0.15, -0.1) is 12.4 Å². The molecule has 0 amide bonds. The smallest absolute Gasteiger partial charge is 0.0297 e. The molecule has 0 radical (unpaired) electrons. The number of nitrogens with two attached hydrogens (primary N) is 2. The second-order valence-corrected chi connectivity index (χ2v) is 4.81. The van der Waals surface area contributed by atoms with Crippen LogP contribution in [0, 0.1) is 6.92 Å². The van der Waals surface area contributed by atoms with E-state index in [1.54, 1.807) is 0 Å². The van der Waals surface area contributed by atoms with Gasteiger partial charge in [-0.05, 0) is 49.6 Å². The van der Waals surface area contributed by atoms with Crippen molar-refractivity contribution in [1.29, 1.82) is 0 Å². The SMILES string of the molecule is Cc1ccc(Br)cc1[C@@H](N)CCCCN.Cl. The third kappa shape index (κ3) is 4.83. The standard InChI is InChI=1S/C12H19BrN2.ClH/c1-9-5-6-10(13)8-11(9)12(15)4-2-3-7-14;/h5-6,8,12H,2-4,7,14-15H2,1H3;1H/t12-;/m0./s1. The van der Waals surface area contributed by atoms with Gasteiger partial charge in [0.15, 0.2) is 0 Å². The Morgan fingerprint density at radius 3 is 2.62 bits per heavy atom. The van der Waals surface area contributed by atoms with Crippen molar-refractivity contribution in [2.45, 2.75) is 32.2 Å². The topological polar surface area (TPSA) is 52.0 Å². The molecule has 0 aliphatic carbocycles. The fourth-order valence-electron chi connectivity index (χ4n) is 1.67. The Morgan fingerprint density at radius 1 is 1.31 bits per heavy atom. The molecule has 1 atom stereocenters. The molecule has 0 aliphatic heterocycles. The highest BCUT2D eigenvalue weighted by molar-refractivity contribution is 9.10. The average Bonchev–Trinajstić information content (AvgIpc) is 2.22. The second-order valence-electron chi connectivity index (χ2n) is 3.89. The molecule has 4 heteroatoms. The van der Waals surface area contributed by atoms with Crippen LogP contribution in [-0.2, 0) is 0 Å². The van der Waals surface area contributed by atoms with Gasteiger partial charge in [-0.2, -0.15) is 0 Å². The number of rotatable bonds is 5. The second kappa shape index (κ2) is 8.07. The fraction of sp³-hybridized carbons (Fsp3) is 0.500. The summed E-state index contributed by atoms with van der Waals surface area (Å²) in [5.41, 5.74) is 14.1. The van der Waals surface area contributed by atoms with Crippen LogP contribution in [-0.4, -0.2) is 6.54 Å². The predicted molar refractivity (Wildman–Crippen MR) is 76.0 cm³/mol. The summed E-state index contributed by atoms with van der Waals surface area (Å²) in [5, 5.41) is 0. The molecule has 2 nitrogen and oxygen atoms in total. The first kappa shape index (κ1) is 15.9. The van der Waals surface area contributed by atoms with Crippen LogP contribution >= 0.6 is 28.3 Å². The lowest BCUT2D eigenvalue weighted by Gasteiger charge is -2.14. The van der Waals surface area contributed by atoms with Gasteiger partial charge >= 0.3 is 0 Å².